The third-order valence-electron chi connectivity index (χ3n) is 7.70. The SMILES string of the molecule is O=C(O)c1ccc2nc(Cc3ccc(-c4ccc(F)c(OCc5ccc(Cl)cc5F)c4)cc3F)n(CC3CCCN3)c2c1. The van der Waals surface area contributed by atoms with Gasteiger partial charge in [0.05, 0.1) is 16.6 Å². The molecule has 2 heterocycles. The second-order valence-electron chi connectivity index (χ2n) is 10.6. The summed E-state index contributed by atoms with van der Waals surface area (Å²) in [6.45, 7) is 1.30. The first-order chi connectivity index (χ1) is 20.7. The number of hydrogen-bond acceptors (Lipinski definition) is 4. The van der Waals surface area contributed by atoms with Crippen LogP contribution in [0.15, 0.2) is 72.8 Å². The molecule has 1 fully saturated rings. The Kier molecular flexibility index (Phi) is 8.10. The number of carboxylic acids is 1. The lowest BCUT2D eigenvalue weighted by molar-refractivity contribution is 0.0697. The summed E-state index contributed by atoms with van der Waals surface area (Å²) in [4.78, 5) is 16.4. The number of hydrogen-bond donors (Lipinski definition) is 2. The summed E-state index contributed by atoms with van der Waals surface area (Å²) >= 11 is 5.80. The third kappa shape index (κ3) is 6.23. The van der Waals surface area contributed by atoms with Crippen molar-refractivity contribution in [1.29, 1.82) is 0 Å². The molecule has 4 aromatic carbocycles. The molecule has 1 aliphatic heterocycles. The van der Waals surface area contributed by atoms with Crippen LogP contribution in [0.25, 0.3) is 22.2 Å². The summed E-state index contributed by atoms with van der Waals surface area (Å²) in [6, 6.07) is 18.1. The molecule has 10 heteroatoms. The zero-order valence-corrected chi connectivity index (χ0v) is 23.7. The van der Waals surface area contributed by atoms with Crippen molar-refractivity contribution in [3.05, 3.63) is 118 Å². The lowest BCUT2D eigenvalue weighted by Crippen LogP contribution is -2.27. The van der Waals surface area contributed by atoms with Crippen LogP contribution >= 0.6 is 11.6 Å². The molecule has 0 aliphatic carbocycles. The monoisotopic (exact) mass is 605 g/mol. The van der Waals surface area contributed by atoms with Crippen molar-refractivity contribution in [2.45, 2.75) is 38.5 Å². The first-order valence-corrected chi connectivity index (χ1v) is 14.2. The van der Waals surface area contributed by atoms with Crippen molar-refractivity contribution >= 4 is 28.6 Å². The van der Waals surface area contributed by atoms with Crippen LogP contribution < -0.4 is 10.1 Å². The Morgan fingerprint density at radius 1 is 0.953 bits per heavy atom. The summed E-state index contributed by atoms with van der Waals surface area (Å²) in [5, 5.41) is 13.2. The summed E-state index contributed by atoms with van der Waals surface area (Å²) in [6.07, 6.45) is 2.23. The van der Waals surface area contributed by atoms with Crippen molar-refractivity contribution in [1.82, 2.24) is 14.9 Å². The molecular formula is C33H27ClF3N3O3. The highest BCUT2D eigenvalue weighted by molar-refractivity contribution is 6.30. The van der Waals surface area contributed by atoms with Crippen LogP contribution in [-0.4, -0.2) is 33.2 Å². The molecule has 1 atom stereocenters. The Morgan fingerprint density at radius 3 is 2.47 bits per heavy atom. The minimum Gasteiger partial charge on any atom is -0.486 e. The number of aromatic nitrogens is 2. The zero-order valence-electron chi connectivity index (χ0n) is 22.9. The van der Waals surface area contributed by atoms with E-state index in [-0.39, 0.29) is 41.0 Å². The molecule has 0 radical (unpaired) electrons. The van der Waals surface area contributed by atoms with Crippen LogP contribution in [-0.2, 0) is 19.6 Å². The second kappa shape index (κ2) is 12.1. The lowest BCUT2D eigenvalue weighted by Gasteiger charge is -2.15. The second-order valence-corrected chi connectivity index (χ2v) is 11.0. The Bertz CT molecular complexity index is 1840. The minimum absolute atomic E-state index is 0.0914. The van der Waals surface area contributed by atoms with Crippen molar-refractivity contribution < 1.29 is 27.8 Å². The number of halogens is 4. The van der Waals surface area contributed by atoms with E-state index in [1.807, 2.05) is 4.57 Å². The van der Waals surface area contributed by atoms with Gasteiger partial charge in [-0.2, -0.15) is 0 Å². The largest absolute Gasteiger partial charge is 0.486 e. The molecule has 1 aliphatic rings. The summed E-state index contributed by atoms with van der Waals surface area (Å²) in [5.74, 6) is -2.13. The first-order valence-electron chi connectivity index (χ1n) is 13.9. The molecule has 1 aromatic heterocycles. The maximum absolute atomic E-state index is 15.5. The predicted octanol–water partition coefficient (Wildman–Crippen LogP) is 7.39. The lowest BCUT2D eigenvalue weighted by atomic mass is 10.0. The Hall–Kier alpha value is -4.34. The molecule has 0 spiro atoms. The van der Waals surface area contributed by atoms with Gasteiger partial charge in [0.15, 0.2) is 11.6 Å². The molecule has 2 N–H and O–H groups in total. The van der Waals surface area contributed by atoms with Gasteiger partial charge in [-0.25, -0.2) is 22.9 Å². The smallest absolute Gasteiger partial charge is 0.335 e. The molecule has 6 rings (SSSR count). The Balaban J connectivity index is 1.26. The third-order valence-corrected chi connectivity index (χ3v) is 7.94. The van der Waals surface area contributed by atoms with Gasteiger partial charge in [-0.1, -0.05) is 35.9 Å². The van der Waals surface area contributed by atoms with Gasteiger partial charge < -0.3 is 19.7 Å². The topological polar surface area (TPSA) is 76.4 Å². The van der Waals surface area contributed by atoms with Crippen molar-refractivity contribution in [2.75, 3.05) is 6.54 Å². The summed E-state index contributed by atoms with van der Waals surface area (Å²) < 4.78 is 51.7. The number of imidazole rings is 1. The highest BCUT2D eigenvalue weighted by atomic mass is 35.5. The van der Waals surface area contributed by atoms with Gasteiger partial charge in [0.25, 0.3) is 0 Å². The first kappa shape index (κ1) is 28.8. The number of carboxylic acid groups (broad SMARTS) is 1. The minimum atomic E-state index is -1.02. The summed E-state index contributed by atoms with van der Waals surface area (Å²) in [7, 11) is 0. The van der Waals surface area contributed by atoms with E-state index in [4.69, 9.17) is 21.3 Å². The Labute approximate surface area is 250 Å². The number of fused-ring (bicyclic) bond motifs is 1. The maximum Gasteiger partial charge on any atom is 0.335 e. The van der Waals surface area contributed by atoms with Crippen LogP contribution in [0.1, 0.15) is 40.2 Å². The van der Waals surface area contributed by atoms with E-state index in [0.29, 0.717) is 40.1 Å². The zero-order chi connectivity index (χ0) is 30.1. The molecule has 6 nitrogen and oxygen atoms in total. The van der Waals surface area contributed by atoms with E-state index in [1.165, 1.54) is 42.5 Å². The van der Waals surface area contributed by atoms with Gasteiger partial charge in [-0.05, 0) is 84.6 Å². The molecule has 1 unspecified atom stereocenters. The number of aromatic carboxylic acids is 1. The quantitative estimate of drug-likeness (QED) is 0.183. The van der Waals surface area contributed by atoms with Crippen molar-refractivity contribution in [3.8, 4) is 16.9 Å². The average molecular weight is 606 g/mol. The number of nitrogens with zero attached hydrogens (tertiary/aromatic N) is 2. The van der Waals surface area contributed by atoms with Gasteiger partial charge in [0, 0.05) is 29.6 Å². The van der Waals surface area contributed by atoms with E-state index in [2.05, 4.69) is 5.32 Å². The molecule has 0 amide bonds. The number of ether oxygens (including phenoxy) is 1. The van der Waals surface area contributed by atoms with Gasteiger partial charge in [-0.15, -0.1) is 0 Å². The van der Waals surface area contributed by atoms with Gasteiger partial charge in [0.1, 0.15) is 24.1 Å². The highest BCUT2D eigenvalue weighted by Gasteiger charge is 2.21. The highest BCUT2D eigenvalue weighted by Crippen LogP contribution is 2.30. The Morgan fingerprint density at radius 2 is 1.72 bits per heavy atom. The van der Waals surface area contributed by atoms with Crippen LogP contribution in [0.3, 0.4) is 0 Å². The fourth-order valence-corrected chi connectivity index (χ4v) is 5.56. The van der Waals surface area contributed by atoms with Crippen molar-refractivity contribution in [2.24, 2.45) is 0 Å². The molecule has 0 bridgehead atoms. The molecule has 220 valence electrons. The van der Waals surface area contributed by atoms with Crippen LogP contribution in [0.5, 0.6) is 5.75 Å². The number of benzene rings is 4. The molecule has 0 saturated carbocycles. The number of carbonyl (C=O) groups is 1. The molecule has 43 heavy (non-hydrogen) atoms. The average Bonchev–Trinajstić information content (AvgIpc) is 3.62. The van der Waals surface area contributed by atoms with Crippen molar-refractivity contribution in [3.63, 3.8) is 0 Å². The summed E-state index contributed by atoms with van der Waals surface area (Å²) in [5.41, 5.74) is 3.17. The van der Waals surface area contributed by atoms with Gasteiger partial charge >= 0.3 is 5.97 Å². The standard InChI is InChI=1S/C33H27ClF3N3O3/c34-24-8-5-23(28(37)16-24)18-43-31-14-20(6-9-26(31)35)19-3-4-21(27(36)12-19)15-32-39-29-10-7-22(33(41)42)13-30(29)40(32)17-25-2-1-11-38-25/h3-10,12-14,16,25,38H,1-2,11,15,17-18H2,(H,41,42). The van der Waals surface area contributed by atoms with E-state index in [9.17, 15) is 18.7 Å². The van der Waals surface area contributed by atoms with Crippen LogP contribution in [0, 0.1) is 17.5 Å². The number of nitrogens with one attached hydrogen (secondary N) is 1. The molecular weight excluding hydrogens is 579 g/mol. The van der Waals surface area contributed by atoms with E-state index in [0.717, 1.165) is 25.5 Å². The van der Waals surface area contributed by atoms with E-state index >= 15 is 4.39 Å². The molecule has 5 aromatic rings. The number of rotatable bonds is 9. The fourth-order valence-electron chi connectivity index (χ4n) is 5.41. The fraction of sp³-hybridized carbons (Fsp3) is 0.212. The molecule has 1 saturated heterocycles. The van der Waals surface area contributed by atoms with Gasteiger partial charge in [-0.3, -0.25) is 0 Å². The van der Waals surface area contributed by atoms with E-state index in [1.54, 1.807) is 24.3 Å². The predicted molar refractivity (Wildman–Crippen MR) is 158 cm³/mol. The normalized spacial score (nSPS) is 14.8. The van der Waals surface area contributed by atoms with E-state index < -0.39 is 23.4 Å². The van der Waals surface area contributed by atoms with Crippen LogP contribution in [0.2, 0.25) is 5.02 Å². The van der Waals surface area contributed by atoms with Gasteiger partial charge in [0.2, 0.25) is 0 Å². The van der Waals surface area contributed by atoms with Crippen LogP contribution in [0.4, 0.5) is 13.2 Å². The maximum atomic E-state index is 15.5.